The van der Waals surface area contributed by atoms with Gasteiger partial charge in [0.05, 0.1) is 11.4 Å². The molecule has 1 saturated heterocycles. The number of carbonyl (C=O) groups is 1. The molecule has 0 atom stereocenters. The van der Waals surface area contributed by atoms with E-state index in [9.17, 15) is 4.79 Å². The van der Waals surface area contributed by atoms with Gasteiger partial charge in [-0.1, -0.05) is 12.1 Å². The van der Waals surface area contributed by atoms with Crippen molar-refractivity contribution in [3.63, 3.8) is 0 Å². The fourth-order valence-electron chi connectivity index (χ4n) is 3.32. The van der Waals surface area contributed by atoms with Gasteiger partial charge in [0.15, 0.2) is 5.60 Å². The lowest BCUT2D eigenvalue weighted by Gasteiger charge is -2.44. The molecule has 2 aliphatic heterocycles. The van der Waals surface area contributed by atoms with Crippen LogP contribution in [0.2, 0.25) is 0 Å². The Hall–Kier alpha value is -2.23. The number of likely N-dealkylation sites (tertiary alicyclic amines) is 1. The van der Waals surface area contributed by atoms with E-state index in [1.807, 2.05) is 23.1 Å². The Morgan fingerprint density at radius 3 is 2.70 bits per heavy atom. The number of para-hydroxylation sites is 2. The quantitative estimate of drug-likeness (QED) is 0.744. The molecule has 0 N–H and O–H groups in total. The lowest BCUT2D eigenvalue weighted by molar-refractivity contribution is -0.122. The first-order valence-electron chi connectivity index (χ1n) is 6.98. The second-order valence-electron chi connectivity index (χ2n) is 5.47. The molecule has 0 bridgehead atoms. The summed E-state index contributed by atoms with van der Waals surface area (Å²) in [6, 6.07) is 12.3. The predicted octanol–water partition coefficient (Wildman–Crippen LogP) is 2.32. The summed E-state index contributed by atoms with van der Waals surface area (Å²) in [5, 5.41) is 0. The molecule has 2 aromatic rings. The predicted molar refractivity (Wildman–Crippen MR) is 74.9 cm³/mol. The van der Waals surface area contributed by atoms with Crippen molar-refractivity contribution in [3.8, 4) is 11.4 Å². The molecule has 1 fully saturated rings. The molecule has 20 heavy (non-hydrogen) atoms. The van der Waals surface area contributed by atoms with Gasteiger partial charge in [0.2, 0.25) is 6.41 Å². The van der Waals surface area contributed by atoms with Crippen LogP contribution in [0, 0.1) is 0 Å². The van der Waals surface area contributed by atoms with Crippen molar-refractivity contribution in [2.45, 2.75) is 18.4 Å². The third kappa shape index (κ3) is 1.51. The minimum absolute atomic E-state index is 0.294. The van der Waals surface area contributed by atoms with Gasteiger partial charge in [-0.15, -0.1) is 0 Å². The summed E-state index contributed by atoms with van der Waals surface area (Å²) >= 11 is 0. The summed E-state index contributed by atoms with van der Waals surface area (Å²) in [4.78, 5) is 12.7. The van der Waals surface area contributed by atoms with Crippen LogP contribution in [0.25, 0.3) is 5.69 Å². The van der Waals surface area contributed by atoms with E-state index in [0.717, 1.165) is 43.8 Å². The van der Waals surface area contributed by atoms with Gasteiger partial charge in [-0.25, -0.2) is 0 Å². The number of nitrogens with zero attached hydrogens (tertiary/aromatic N) is 2. The van der Waals surface area contributed by atoms with Crippen molar-refractivity contribution in [2.24, 2.45) is 0 Å². The Morgan fingerprint density at radius 2 is 1.90 bits per heavy atom. The van der Waals surface area contributed by atoms with Gasteiger partial charge in [-0.3, -0.25) is 4.79 Å². The van der Waals surface area contributed by atoms with E-state index in [-0.39, 0.29) is 5.60 Å². The number of rotatable bonds is 1. The molecule has 0 radical (unpaired) electrons. The monoisotopic (exact) mass is 268 g/mol. The van der Waals surface area contributed by atoms with Crippen molar-refractivity contribution in [2.75, 3.05) is 13.1 Å². The fourth-order valence-corrected chi connectivity index (χ4v) is 3.32. The van der Waals surface area contributed by atoms with Crippen LogP contribution >= 0.6 is 0 Å². The van der Waals surface area contributed by atoms with Crippen LogP contribution in [0.15, 0.2) is 42.6 Å². The third-order valence-corrected chi connectivity index (χ3v) is 4.40. The number of hydrogen-bond donors (Lipinski definition) is 0. The molecule has 4 heteroatoms. The topological polar surface area (TPSA) is 34.5 Å². The molecule has 1 aromatic heterocycles. The number of amides is 1. The van der Waals surface area contributed by atoms with Crippen molar-refractivity contribution < 1.29 is 9.53 Å². The normalized spacial score (nSPS) is 19.1. The molecule has 3 heterocycles. The average molecular weight is 268 g/mol. The molecule has 1 aromatic carbocycles. The number of aromatic nitrogens is 1. The molecule has 102 valence electrons. The van der Waals surface area contributed by atoms with Crippen LogP contribution < -0.4 is 4.74 Å². The lowest BCUT2D eigenvalue weighted by atomic mass is 9.86. The number of benzene rings is 1. The van der Waals surface area contributed by atoms with Gasteiger partial charge in [0, 0.05) is 32.1 Å². The number of fused-ring (bicyclic) bond motifs is 4. The number of piperidine rings is 1. The summed E-state index contributed by atoms with van der Waals surface area (Å²) in [7, 11) is 0. The Kier molecular flexibility index (Phi) is 2.39. The second-order valence-corrected chi connectivity index (χ2v) is 5.47. The van der Waals surface area contributed by atoms with Crippen molar-refractivity contribution in [1.29, 1.82) is 0 Å². The molecular weight excluding hydrogens is 252 g/mol. The molecule has 1 spiro atoms. The molecule has 1 amide bonds. The van der Waals surface area contributed by atoms with Crippen molar-refractivity contribution in [3.05, 3.63) is 48.3 Å². The highest BCUT2D eigenvalue weighted by atomic mass is 16.5. The maximum atomic E-state index is 10.9. The zero-order valence-corrected chi connectivity index (χ0v) is 11.2. The van der Waals surface area contributed by atoms with E-state index in [0.29, 0.717) is 0 Å². The second kappa shape index (κ2) is 4.13. The zero-order valence-electron chi connectivity index (χ0n) is 11.2. The first-order chi connectivity index (χ1) is 9.82. The van der Waals surface area contributed by atoms with E-state index >= 15 is 0 Å². The fraction of sp³-hybridized carbons (Fsp3) is 0.312. The SMILES string of the molecule is O=CN1CCC2(CC1)Oc1ccccc1-n1cccc12. The summed E-state index contributed by atoms with van der Waals surface area (Å²) < 4.78 is 8.59. The maximum absolute atomic E-state index is 10.9. The highest BCUT2D eigenvalue weighted by Crippen LogP contribution is 2.44. The highest BCUT2D eigenvalue weighted by molar-refractivity contribution is 5.52. The van der Waals surface area contributed by atoms with Gasteiger partial charge in [-0.2, -0.15) is 0 Å². The Morgan fingerprint density at radius 1 is 1.10 bits per heavy atom. The van der Waals surface area contributed by atoms with E-state index in [1.165, 1.54) is 5.69 Å². The van der Waals surface area contributed by atoms with Crippen LogP contribution in [0.3, 0.4) is 0 Å². The Labute approximate surface area is 117 Å². The van der Waals surface area contributed by atoms with Crippen LogP contribution in [0.1, 0.15) is 18.5 Å². The molecule has 0 saturated carbocycles. The van der Waals surface area contributed by atoms with Crippen LogP contribution in [-0.2, 0) is 10.4 Å². The summed E-state index contributed by atoms with van der Waals surface area (Å²) in [6.07, 6.45) is 4.70. The van der Waals surface area contributed by atoms with Crippen LogP contribution in [0.4, 0.5) is 0 Å². The van der Waals surface area contributed by atoms with Crippen molar-refractivity contribution in [1.82, 2.24) is 9.47 Å². The van der Waals surface area contributed by atoms with Gasteiger partial charge in [0.1, 0.15) is 5.75 Å². The van der Waals surface area contributed by atoms with Gasteiger partial charge in [-0.05, 0) is 24.3 Å². The summed E-state index contributed by atoms with van der Waals surface area (Å²) in [5.41, 5.74) is 2.00. The highest BCUT2D eigenvalue weighted by Gasteiger charge is 2.43. The van der Waals surface area contributed by atoms with Crippen LogP contribution in [0.5, 0.6) is 5.75 Å². The summed E-state index contributed by atoms with van der Waals surface area (Å²) in [6.45, 7) is 1.49. The molecule has 4 rings (SSSR count). The largest absolute Gasteiger partial charge is 0.479 e. The minimum Gasteiger partial charge on any atom is -0.479 e. The molecule has 4 nitrogen and oxygen atoms in total. The molecule has 0 unspecified atom stereocenters. The smallest absolute Gasteiger partial charge is 0.209 e. The lowest BCUT2D eigenvalue weighted by Crippen LogP contribution is -2.48. The zero-order chi connectivity index (χ0) is 13.6. The maximum Gasteiger partial charge on any atom is 0.209 e. The number of carbonyl (C=O) groups excluding carboxylic acids is 1. The standard InChI is InChI=1S/C16H16N2O2/c19-12-17-10-7-16(8-11-17)15-6-3-9-18(15)13-4-1-2-5-14(13)20-16/h1-6,9,12H,7-8,10-11H2. The van der Waals surface area contributed by atoms with E-state index in [1.54, 1.807) is 0 Å². The van der Waals surface area contributed by atoms with Gasteiger partial charge in [0.25, 0.3) is 0 Å². The first-order valence-corrected chi connectivity index (χ1v) is 6.98. The number of ether oxygens (including phenoxy) is 1. The van der Waals surface area contributed by atoms with E-state index < -0.39 is 0 Å². The number of hydrogen-bond acceptors (Lipinski definition) is 2. The molecule has 2 aliphatic rings. The minimum atomic E-state index is -0.294. The molecular formula is C16H16N2O2. The Bertz CT molecular complexity index is 654. The van der Waals surface area contributed by atoms with Gasteiger partial charge < -0.3 is 14.2 Å². The van der Waals surface area contributed by atoms with Crippen molar-refractivity contribution >= 4 is 6.41 Å². The Balaban J connectivity index is 1.80. The first kappa shape index (κ1) is 11.6. The van der Waals surface area contributed by atoms with Gasteiger partial charge >= 0.3 is 0 Å². The van der Waals surface area contributed by atoms with E-state index in [4.69, 9.17) is 4.74 Å². The van der Waals surface area contributed by atoms with Crippen LogP contribution in [-0.4, -0.2) is 29.0 Å². The van der Waals surface area contributed by atoms with E-state index in [2.05, 4.69) is 29.0 Å². The molecule has 0 aliphatic carbocycles. The average Bonchev–Trinajstić information content (AvgIpc) is 2.99. The summed E-state index contributed by atoms with van der Waals surface area (Å²) in [5.74, 6) is 0.927. The third-order valence-electron chi connectivity index (χ3n) is 4.40.